The van der Waals surface area contributed by atoms with Crippen LogP contribution in [0.3, 0.4) is 0 Å². The molecule has 2 heteroatoms. The normalized spacial score (nSPS) is 10.4. The molecule has 0 N–H and O–H groups in total. The Morgan fingerprint density at radius 1 is 1.20 bits per heavy atom. The molecule has 0 unspecified atom stereocenters. The molecule has 2 aromatic rings. The maximum absolute atomic E-state index is 5.22. The summed E-state index contributed by atoms with van der Waals surface area (Å²) in [4.78, 5) is 0. The van der Waals surface area contributed by atoms with E-state index in [9.17, 15) is 0 Å². The molecular formula is C8H5OSe. The van der Waals surface area contributed by atoms with Crippen molar-refractivity contribution in [3.63, 3.8) is 0 Å². The minimum absolute atomic E-state index is 0.941. The van der Waals surface area contributed by atoms with Crippen LogP contribution in [0.1, 0.15) is 0 Å². The molecule has 0 saturated carbocycles. The van der Waals surface area contributed by atoms with E-state index in [-0.39, 0.29) is 0 Å². The molecule has 0 bridgehead atoms. The second-order valence-corrected chi connectivity index (χ2v) is 3.02. The van der Waals surface area contributed by atoms with Gasteiger partial charge in [0.25, 0.3) is 0 Å². The number of para-hydroxylation sites is 1. The first-order valence-corrected chi connectivity index (χ1v) is 3.87. The molecule has 0 spiro atoms. The molecule has 0 aliphatic carbocycles. The van der Waals surface area contributed by atoms with Gasteiger partial charge in [-0.05, 0) is 0 Å². The fraction of sp³-hybridized carbons (Fsp3) is 0. The molecule has 1 aromatic heterocycles. The molecular weight excluding hydrogens is 191 g/mol. The Morgan fingerprint density at radius 2 is 2.00 bits per heavy atom. The third kappa shape index (κ3) is 0.772. The number of rotatable bonds is 0. The van der Waals surface area contributed by atoms with Crippen LogP contribution in [-0.4, -0.2) is 16.0 Å². The molecule has 0 aliphatic heterocycles. The van der Waals surface area contributed by atoms with Crippen molar-refractivity contribution in [3.8, 4) is 0 Å². The Bertz CT molecular complexity index is 351. The molecule has 0 atom stereocenters. The Balaban J connectivity index is 2.93. The molecule has 1 radical (unpaired) electrons. The molecule has 10 heavy (non-hydrogen) atoms. The fourth-order valence-corrected chi connectivity index (χ4v) is 1.41. The van der Waals surface area contributed by atoms with Gasteiger partial charge in [0.1, 0.15) is 0 Å². The van der Waals surface area contributed by atoms with E-state index in [2.05, 4.69) is 16.0 Å². The Hall–Kier alpha value is -0.721. The van der Waals surface area contributed by atoms with E-state index in [0.29, 0.717) is 0 Å². The first-order valence-electron chi connectivity index (χ1n) is 3.01. The van der Waals surface area contributed by atoms with Crippen LogP contribution in [0.25, 0.3) is 11.0 Å². The quantitative estimate of drug-likeness (QED) is 0.577. The number of hydrogen-bond donors (Lipinski definition) is 0. The van der Waals surface area contributed by atoms with Gasteiger partial charge in [0.05, 0.1) is 0 Å². The molecule has 0 aliphatic rings. The summed E-state index contributed by atoms with van der Waals surface area (Å²) in [6.45, 7) is 0. The minimum atomic E-state index is 0.941. The van der Waals surface area contributed by atoms with Crippen LogP contribution >= 0.6 is 0 Å². The van der Waals surface area contributed by atoms with Gasteiger partial charge in [0.15, 0.2) is 0 Å². The summed E-state index contributed by atoms with van der Waals surface area (Å²) in [6.07, 6.45) is 1.73. The molecule has 49 valence electrons. The maximum atomic E-state index is 5.22. The van der Waals surface area contributed by atoms with Gasteiger partial charge >= 0.3 is 66.4 Å². The molecule has 0 saturated heterocycles. The van der Waals surface area contributed by atoms with Gasteiger partial charge in [0, 0.05) is 0 Å². The molecule has 1 aromatic carbocycles. The average Bonchev–Trinajstić information content (AvgIpc) is 2.34. The van der Waals surface area contributed by atoms with Crippen LogP contribution in [0.15, 0.2) is 34.9 Å². The van der Waals surface area contributed by atoms with Crippen molar-refractivity contribution in [2.45, 2.75) is 0 Å². The predicted molar refractivity (Wildman–Crippen MR) is 41.6 cm³/mol. The number of fused-ring (bicyclic) bond motifs is 1. The van der Waals surface area contributed by atoms with E-state index in [1.54, 1.807) is 6.26 Å². The molecule has 1 heterocycles. The predicted octanol–water partition coefficient (Wildman–Crippen LogP) is 1.23. The number of benzene rings is 1. The summed E-state index contributed by atoms with van der Waals surface area (Å²) in [5.41, 5.74) is 0.941. The summed E-state index contributed by atoms with van der Waals surface area (Å²) in [6, 6.07) is 7.95. The van der Waals surface area contributed by atoms with E-state index in [1.165, 1.54) is 0 Å². The zero-order chi connectivity index (χ0) is 6.97. The van der Waals surface area contributed by atoms with Crippen molar-refractivity contribution in [1.29, 1.82) is 0 Å². The van der Waals surface area contributed by atoms with Crippen LogP contribution in [0.2, 0.25) is 0 Å². The summed E-state index contributed by atoms with van der Waals surface area (Å²) >= 11 is 2.93. The SMILES string of the molecule is [Se]c1coc2ccccc12. The van der Waals surface area contributed by atoms with E-state index < -0.39 is 0 Å². The van der Waals surface area contributed by atoms with Crippen molar-refractivity contribution < 1.29 is 4.42 Å². The fourth-order valence-electron chi connectivity index (χ4n) is 0.953. The average molecular weight is 196 g/mol. The topological polar surface area (TPSA) is 13.1 Å². The van der Waals surface area contributed by atoms with Crippen LogP contribution < -0.4 is 4.46 Å². The zero-order valence-corrected chi connectivity index (χ0v) is 6.92. The Labute approximate surface area is 66.8 Å². The second kappa shape index (κ2) is 2.15. The van der Waals surface area contributed by atoms with Gasteiger partial charge in [-0.15, -0.1) is 0 Å². The van der Waals surface area contributed by atoms with Gasteiger partial charge in [-0.2, -0.15) is 0 Å². The monoisotopic (exact) mass is 197 g/mol. The van der Waals surface area contributed by atoms with Crippen molar-refractivity contribution >= 4 is 31.4 Å². The number of hydrogen-bond acceptors (Lipinski definition) is 1. The summed E-state index contributed by atoms with van der Waals surface area (Å²) < 4.78 is 6.30. The van der Waals surface area contributed by atoms with Crippen molar-refractivity contribution in [3.05, 3.63) is 30.5 Å². The standard InChI is InChI=1S/C8H5OSe/c10-8-5-9-7-4-2-1-3-6(7)8/h1-5H. The zero-order valence-electron chi connectivity index (χ0n) is 5.20. The van der Waals surface area contributed by atoms with Gasteiger partial charge in [-0.25, -0.2) is 0 Å². The van der Waals surface area contributed by atoms with E-state index in [4.69, 9.17) is 4.42 Å². The molecule has 2 rings (SSSR count). The second-order valence-electron chi connectivity index (χ2n) is 2.10. The van der Waals surface area contributed by atoms with Crippen molar-refractivity contribution in [2.75, 3.05) is 0 Å². The number of furan rings is 1. The van der Waals surface area contributed by atoms with E-state index in [1.807, 2.05) is 24.3 Å². The van der Waals surface area contributed by atoms with E-state index >= 15 is 0 Å². The Kier molecular flexibility index (Phi) is 1.30. The van der Waals surface area contributed by atoms with Crippen molar-refractivity contribution in [1.82, 2.24) is 0 Å². The first kappa shape index (κ1) is 6.02. The van der Waals surface area contributed by atoms with Gasteiger partial charge in [-0.1, -0.05) is 0 Å². The van der Waals surface area contributed by atoms with Gasteiger partial charge in [0.2, 0.25) is 0 Å². The Morgan fingerprint density at radius 3 is 2.80 bits per heavy atom. The third-order valence-electron chi connectivity index (χ3n) is 1.45. The summed E-state index contributed by atoms with van der Waals surface area (Å²) in [5.74, 6) is 0. The van der Waals surface area contributed by atoms with Crippen molar-refractivity contribution in [2.24, 2.45) is 0 Å². The molecule has 1 nitrogen and oxygen atoms in total. The van der Waals surface area contributed by atoms with Gasteiger partial charge in [-0.3, -0.25) is 0 Å². The van der Waals surface area contributed by atoms with Crippen LogP contribution in [0.5, 0.6) is 0 Å². The van der Waals surface area contributed by atoms with Crippen LogP contribution in [0, 0.1) is 0 Å². The summed E-state index contributed by atoms with van der Waals surface area (Å²) in [7, 11) is 0. The first-order chi connectivity index (χ1) is 4.88. The summed E-state index contributed by atoms with van der Waals surface area (Å²) in [5, 5.41) is 1.16. The van der Waals surface area contributed by atoms with Crippen LogP contribution in [0.4, 0.5) is 0 Å². The molecule has 0 amide bonds. The van der Waals surface area contributed by atoms with Crippen LogP contribution in [-0.2, 0) is 0 Å². The third-order valence-corrected chi connectivity index (χ3v) is 2.11. The molecule has 0 fully saturated rings. The van der Waals surface area contributed by atoms with Gasteiger partial charge < -0.3 is 0 Å². The van der Waals surface area contributed by atoms with E-state index in [0.717, 1.165) is 15.4 Å².